The highest BCUT2D eigenvalue weighted by Gasteiger charge is 2.23. The van der Waals surface area contributed by atoms with Crippen LogP contribution in [0.5, 0.6) is 11.6 Å². The first-order valence-corrected chi connectivity index (χ1v) is 10.3. The van der Waals surface area contributed by atoms with Crippen LogP contribution in [-0.2, 0) is 10.0 Å². The molecule has 0 spiro atoms. The number of rotatable bonds is 5. The second-order valence-electron chi connectivity index (χ2n) is 6.73. The highest BCUT2D eigenvalue weighted by atomic mass is 32.2. The van der Waals surface area contributed by atoms with Crippen molar-refractivity contribution in [2.24, 2.45) is 0 Å². The van der Waals surface area contributed by atoms with E-state index in [1.165, 1.54) is 12.4 Å². The third kappa shape index (κ3) is 3.84. The summed E-state index contributed by atoms with van der Waals surface area (Å²) in [4.78, 5) is 8.33. The molecule has 6 nitrogen and oxygen atoms in total. The lowest BCUT2D eigenvalue weighted by Gasteiger charge is -2.19. The maximum atomic E-state index is 13.2. The van der Waals surface area contributed by atoms with Crippen LogP contribution >= 0.6 is 0 Å². The molecule has 28 heavy (non-hydrogen) atoms. The Kier molecular flexibility index (Phi) is 5.38. The molecule has 0 bridgehead atoms. The molecule has 0 saturated carbocycles. The van der Waals surface area contributed by atoms with Gasteiger partial charge in [-0.25, -0.2) is 13.4 Å². The zero-order valence-corrected chi connectivity index (χ0v) is 17.4. The molecule has 2 aromatic carbocycles. The number of sulfonamides is 1. The third-order valence-electron chi connectivity index (χ3n) is 5.05. The molecule has 0 unspecified atom stereocenters. The van der Waals surface area contributed by atoms with Crippen molar-refractivity contribution in [3.05, 3.63) is 70.7 Å². The molecular formula is C21H23N3O3S. The van der Waals surface area contributed by atoms with Crippen molar-refractivity contribution in [2.75, 3.05) is 4.72 Å². The molecule has 146 valence electrons. The van der Waals surface area contributed by atoms with Gasteiger partial charge in [0, 0.05) is 18.5 Å². The Bertz CT molecular complexity index is 1100. The first-order valence-electron chi connectivity index (χ1n) is 8.84. The van der Waals surface area contributed by atoms with Gasteiger partial charge in [0.25, 0.3) is 10.0 Å². The second-order valence-corrected chi connectivity index (χ2v) is 8.35. The predicted octanol–water partition coefficient (Wildman–Crippen LogP) is 4.61. The smallest absolute Gasteiger partial charge is 0.262 e. The van der Waals surface area contributed by atoms with Gasteiger partial charge in [-0.15, -0.1) is 0 Å². The molecule has 0 fully saturated rings. The molecule has 0 amide bonds. The lowest BCUT2D eigenvalue weighted by Crippen LogP contribution is -2.17. The summed E-state index contributed by atoms with van der Waals surface area (Å²) in [6.45, 7) is 9.60. The fraction of sp³-hybridized carbons (Fsp3) is 0.238. The number of ether oxygens (including phenoxy) is 1. The number of hydrogen-bond donors (Lipinski definition) is 1. The zero-order valence-electron chi connectivity index (χ0n) is 16.6. The minimum absolute atomic E-state index is 0.327. The van der Waals surface area contributed by atoms with Gasteiger partial charge in [0.2, 0.25) is 5.88 Å². The van der Waals surface area contributed by atoms with Gasteiger partial charge in [0.05, 0.1) is 16.8 Å². The number of nitrogens with zero attached hydrogens (tertiary/aromatic N) is 2. The number of anilines is 1. The Morgan fingerprint density at radius 1 is 0.893 bits per heavy atom. The van der Waals surface area contributed by atoms with Gasteiger partial charge in [-0.2, -0.15) is 0 Å². The van der Waals surface area contributed by atoms with Crippen LogP contribution in [0.4, 0.5) is 5.69 Å². The van der Waals surface area contributed by atoms with E-state index >= 15 is 0 Å². The summed E-state index contributed by atoms with van der Waals surface area (Å²) in [7, 11) is -3.76. The lowest BCUT2D eigenvalue weighted by molar-refractivity contribution is 0.460. The maximum absolute atomic E-state index is 13.2. The van der Waals surface area contributed by atoms with Crippen molar-refractivity contribution in [1.29, 1.82) is 0 Å². The first kappa shape index (κ1) is 19.8. The van der Waals surface area contributed by atoms with Gasteiger partial charge in [0.1, 0.15) is 5.75 Å². The molecule has 0 atom stereocenters. The van der Waals surface area contributed by atoms with E-state index in [0.29, 0.717) is 22.2 Å². The molecule has 0 radical (unpaired) electrons. The summed E-state index contributed by atoms with van der Waals surface area (Å²) in [5.41, 5.74) is 5.04. The topological polar surface area (TPSA) is 81.2 Å². The molecule has 3 aromatic rings. The van der Waals surface area contributed by atoms with Gasteiger partial charge < -0.3 is 4.74 Å². The fourth-order valence-electron chi connectivity index (χ4n) is 3.16. The van der Waals surface area contributed by atoms with E-state index in [1.54, 1.807) is 30.5 Å². The number of benzene rings is 2. The van der Waals surface area contributed by atoms with E-state index < -0.39 is 10.0 Å². The molecule has 0 aliphatic carbocycles. The van der Waals surface area contributed by atoms with E-state index in [9.17, 15) is 8.42 Å². The highest BCUT2D eigenvalue weighted by molar-refractivity contribution is 7.92. The second kappa shape index (κ2) is 7.59. The van der Waals surface area contributed by atoms with Crippen molar-refractivity contribution in [1.82, 2.24) is 9.97 Å². The van der Waals surface area contributed by atoms with E-state index in [1.807, 2.05) is 34.6 Å². The summed E-state index contributed by atoms with van der Waals surface area (Å²) < 4.78 is 34.6. The van der Waals surface area contributed by atoms with Crippen LogP contribution in [0.25, 0.3) is 0 Å². The molecule has 0 aliphatic heterocycles. The predicted molar refractivity (Wildman–Crippen MR) is 109 cm³/mol. The standard InChI is InChI=1S/C21H23N3O3S/c1-13-14(2)16(4)21(17(5)15(13)3)28(25,26)24-18-7-6-8-19(11-18)27-20-12-22-9-10-23-20/h6-12,24H,1-5H3. The first-order chi connectivity index (χ1) is 13.2. The van der Waals surface area contributed by atoms with Crippen LogP contribution in [0.3, 0.4) is 0 Å². The minimum Gasteiger partial charge on any atom is -0.437 e. The molecule has 1 N–H and O–H groups in total. The zero-order chi connectivity index (χ0) is 20.5. The molecule has 0 saturated heterocycles. The van der Waals surface area contributed by atoms with Gasteiger partial charge >= 0.3 is 0 Å². The van der Waals surface area contributed by atoms with Crippen LogP contribution in [0.15, 0.2) is 47.8 Å². The van der Waals surface area contributed by atoms with Crippen molar-refractivity contribution >= 4 is 15.7 Å². The van der Waals surface area contributed by atoms with Gasteiger partial charge in [-0.05, 0) is 74.6 Å². The average Bonchev–Trinajstić information content (AvgIpc) is 2.65. The minimum atomic E-state index is -3.76. The van der Waals surface area contributed by atoms with Crippen molar-refractivity contribution in [3.63, 3.8) is 0 Å². The van der Waals surface area contributed by atoms with Gasteiger partial charge in [-0.1, -0.05) is 6.07 Å². The third-order valence-corrected chi connectivity index (χ3v) is 6.70. The van der Waals surface area contributed by atoms with E-state index in [0.717, 1.165) is 27.8 Å². The van der Waals surface area contributed by atoms with E-state index in [-0.39, 0.29) is 0 Å². The summed E-state index contributed by atoms with van der Waals surface area (Å²) in [6, 6.07) is 6.74. The number of hydrogen-bond acceptors (Lipinski definition) is 5. The quantitative estimate of drug-likeness (QED) is 0.680. The van der Waals surface area contributed by atoms with Crippen molar-refractivity contribution in [2.45, 2.75) is 39.5 Å². The van der Waals surface area contributed by atoms with Crippen LogP contribution in [0.1, 0.15) is 27.8 Å². The van der Waals surface area contributed by atoms with Crippen LogP contribution in [0.2, 0.25) is 0 Å². The molecule has 1 heterocycles. The molecule has 3 rings (SSSR count). The Labute approximate surface area is 165 Å². The Morgan fingerprint density at radius 2 is 1.54 bits per heavy atom. The largest absolute Gasteiger partial charge is 0.437 e. The highest BCUT2D eigenvalue weighted by Crippen LogP contribution is 2.31. The number of aromatic nitrogens is 2. The fourth-order valence-corrected chi connectivity index (χ4v) is 4.81. The summed E-state index contributed by atoms with van der Waals surface area (Å²) in [5.74, 6) is 0.796. The molecular weight excluding hydrogens is 374 g/mol. The summed E-state index contributed by atoms with van der Waals surface area (Å²) in [5, 5.41) is 0. The van der Waals surface area contributed by atoms with Crippen molar-refractivity contribution < 1.29 is 13.2 Å². The lowest BCUT2D eigenvalue weighted by atomic mass is 9.95. The van der Waals surface area contributed by atoms with Gasteiger partial charge in [0.15, 0.2) is 0 Å². The molecule has 0 aliphatic rings. The van der Waals surface area contributed by atoms with E-state index in [2.05, 4.69) is 14.7 Å². The number of nitrogens with one attached hydrogen (secondary N) is 1. The molecule has 1 aromatic heterocycles. The monoisotopic (exact) mass is 397 g/mol. The van der Waals surface area contributed by atoms with E-state index in [4.69, 9.17) is 4.74 Å². The normalized spacial score (nSPS) is 11.3. The van der Waals surface area contributed by atoms with Gasteiger partial charge in [-0.3, -0.25) is 9.71 Å². The Morgan fingerprint density at radius 3 is 2.14 bits per heavy atom. The summed E-state index contributed by atoms with van der Waals surface area (Å²) >= 11 is 0. The van der Waals surface area contributed by atoms with Crippen LogP contribution < -0.4 is 9.46 Å². The average molecular weight is 398 g/mol. The van der Waals surface area contributed by atoms with Crippen molar-refractivity contribution in [3.8, 4) is 11.6 Å². The SMILES string of the molecule is Cc1c(C)c(C)c(S(=O)(=O)Nc2cccc(Oc3cnccn3)c2)c(C)c1C. The summed E-state index contributed by atoms with van der Waals surface area (Å²) in [6.07, 6.45) is 4.56. The Balaban J connectivity index is 1.95. The molecule has 7 heteroatoms. The maximum Gasteiger partial charge on any atom is 0.262 e. The van der Waals surface area contributed by atoms with Crippen LogP contribution in [-0.4, -0.2) is 18.4 Å². The Hall–Kier alpha value is -2.93. The van der Waals surface area contributed by atoms with Crippen LogP contribution in [0, 0.1) is 34.6 Å².